The van der Waals surface area contributed by atoms with E-state index in [0.29, 0.717) is 12.8 Å². The normalized spacial score (nSPS) is 16.5. The van der Waals surface area contributed by atoms with Crippen LogP contribution in [0.1, 0.15) is 55.6 Å². The summed E-state index contributed by atoms with van der Waals surface area (Å²) >= 11 is 0. The number of hydrogen-bond donors (Lipinski definition) is 3. The van der Waals surface area contributed by atoms with Crippen molar-refractivity contribution < 1.29 is 24.2 Å². The van der Waals surface area contributed by atoms with E-state index in [1.807, 2.05) is 24.3 Å². The maximum Gasteiger partial charge on any atom is 0.407 e. The van der Waals surface area contributed by atoms with Gasteiger partial charge in [0.25, 0.3) is 0 Å². The van der Waals surface area contributed by atoms with Crippen LogP contribution in [-0.2, 0) is 14.3 Å². The maximum atomic E-state index is 12.8. The molecular weight excluding hydrogens is 408 g/mol. The van der Waals surface area contributed by atoms with Gasteiger partial charge >= 0.3 is 12.1 Å². The van der Waals surface area contributed by atoms with Crippen molar-refractivity contribution >= 4 is 18.0 Å². The second-order valence-corrected chi connectivity index (χ2v) is 8.64. The second-order valence-electron chi connectivity index (χ2n) is 8.64. The molecule has 7 heteroatoms. The predicted octanol–water partition coefficient (Wildman–Crippen LogP) is 3.82. The second kappa shape index (κ2) is 9.42. The number of hydrogen-bond acceptors (Lipinski definition) is 4. The number of carboxylic acids is 1. The summed E-state index contributed by atoms with van der Waals surface area (Å²) in [6.07, 6.45) is 3.68. The molecule has 0 radical (unpaired) electrons. The van der Waals surface area contributed by atoms with Gasteiger partial charge in [0.2, 0.25) is 5.91 Å². The fourth-order valence-electron chi connectivity index (χ4n) is 4.97. The van der Waals surface area contributed by atoms with Gasteiger partial charge in [-0.1, -0.05) is 67.8 Å². The molecule has 1 fully saturated rings. The van der Waals surface area contributed by atoms with E-state index in [4.69, 9.17) is 9.84 Å². The minimum atomic E-state index is -1.10. The lowest BCUT2D eigenvalue weighted by molar-refractivity contribution is -0.138. The van der Waals surface area contributed by atoms with Crippen LogP contribution in [0.15, 0.2) is 48.5 Å². The van der Waals surface area contributed by atoms with Crippen LogP contribution in [0.3, 0.4) is 0 Å². The van der Waals surface area contributed by atoms with Crippen LogP contribution in [0, 0.1) is 0 Å². The van der Waals surface area contributed by atoms with Crippen molar-refractivity contribution in [3.63, 3.8) is 0 Å². The zero-order chi connectivity index (χ0) is 22.6. The van der Waals surface area contributed by atoms with Crippen LogP contribution in [-0.4, -0.2) is 41.8 Å². The number of carbonyl (C=O) groups excluding carboxylic acids is 2. The summed E-state index contributed by atoms with van der Waals surface area (Å²) in [5.74, 6) is -1.51. The van der Waals surface area contributed by atoms with Gasteiger partial charge in [-0.25, -0.2) is 4.79 Å². The third-order valence-electron chi connectivity index (χ3n) is 6.46. The molecule has 168 valence electrons. The number of nitrogens with one attached hydrogen (secondary N) is 2. The lowest BCUT2D eigenvalue weighted by atomic mass is 9.79. The molecule has 2 amide bonds. The van der Waals surface area contributed by atoms with E-state index < -0.39 is 24.1 Å². The van der Waals surface area contributed by atoms with Crippen LogP contribution in [0.4, 0.5) is 4.79 Å². The summed E-state index contributed by atoms with van der Waals surface area (Å²) in [5.41, 5.74) is 3.90. The van der Waals surface area contributed by atoms with Crippen LogP contribution in [0.2, 0.25) is 0 Å². The van der Waals surface area contributed by atoms with Gasteiger partial charge < -0.3 is 20.5 Å². The summed E-state index contributed by atoms with van der Waals surface area (Å²) in [5, 5.41) is 14.1. The average Bonchev–Trinajstić information content (AvgIpc) is 3.10. The summed E-state index contributed by atoms with van der Waals surface area (Å²) < 4.78 is 5.67. The largest absolute Gasteiger partial charge is 0.480 e. The number of benzene rings is 2. The van der Waals surface area contributed by atoms with E-state index in [0.717, 1.165) is 41.5 Å². The molecule has 0 spiro atoms. The highest BCUT2D eigenvalue weighted by molar-refractivity contribution is 5.83. The monoisotopic (exact) mass is 436 g/mol. The molecule has 2 aliphatic rings. The van der Waals surface area contributed by atoms with Crippen molar-refractivity contribution in [2.45, 2.75) is 50.0 Å². The highest BCUT2D eigenvalue weighted by Crippen LogP contribution is 2.44. The van der Waals surface area contributed by atoms with Crippen LogP contribution < -0.4 is 10.6 Å². The van der Waals surface area contributed by atoms with Gasteiger partial charge in [0.15, 0.2) is 0 Å². The fourth-order valence-corrected chi connectivity index (χ4v) is 4.97. The van der Waals surface area contributed by atoms with Gasteiger partial charge in [-0.2, -0.15) is 0 Å². The molecule has 7 nitrogen and oxygen atoms in total. The first kappa shape index (κ1) is 21.9. The molecule has 2 aromatic rings. The van der Waals surface area contributed by atoms with Crippen molar-refractivity contribution in [3.8, 4) is 11.1 Å². The highest BCUT2D eigenvalue weighted by Gasteiger charge is 2.37. The number of ether oxygens (including phenoxy) is 1. The van der Waals surface area contributed by atoms with E-state index in [-0.39, 0.29) is 24.9 Å². The van der Waals surface area contributed by atoms with Crippen molar-refractivity contribution in [3.05, 3.63) is 59.7 Å². The lowest BCUT2D eigenvalue weighted by Crippen LogP contribution is -2.53. The van der Waals surface area contributed by atoms with Crippen molar-refractivity contribution in [1.82, 2.24) is 10.6 Å². The molecular formula is C25H28N2O5. The van der Waals surface area contributed by atoms with Gasteiger partial charge in [-0.15, -0.1) is 0 Å². The van der Waals surface area contributed by atoms with Crippen molar-refractivity contribution in [1.29, 1.82) is 0 Å². The minimum Gasteiger partial charge on any atom is -0.480 e. The van der Waals surface area contributed by atoms with E-state index in [2.05, 4.69) is 34.9 Å². The summed E-state index contributed by atoms with van der Waals surface area (Å²) in [6, 6.07) is 16.3. The number of aliphatic carboxylic acids is 1. The molecule has 0 unspecified atom stereocenters. The van der Waals surface area contributed by atoms with Gasteiger partial charge in [0.05, 0.1) is 5.54 Å². The molecule has 0 atom stereocenters. The van der Waals surface area contributed by atoms with Gasteiger partial charge in [-0.3, -0.25) is 9.59 Å². The molecule has 0 aliphatic heterocycles. The van der Waals surface area contributed by atoms with Gasteiger partial charge in [-0.05, 0) is 35.1 Å². The van der Waals surface area contributed by atoms with E-state index in [9.17, 15) is 14.4 Å². The molecule has 0 aromatic heterocycles. The SMILES string of the molecule is O=C(O)CNC(=O)CC1(NC(=O)OCC2c3ccccc3-c3ccccc32)CCCCC1. The molecule has 3 N–H and O–H groups in total. The Balaban J connectivity index is 1.42. The summed E-state index contributed by atoms with van der Waals surface area (Å²) in [7, 11) is 0. The third kappa shape index (κ3) is 4.77. The molecule has 4 rings (SSSR count). The Hall–Kier alpha value is -3.35. The number of amides is 2. The Labute approximate surface area is 187 Å². The first-order chi connectivity index (χ1) is 15.5. The molecule has 0 heterocycles. The number of alkyl carbamates (subject to hydrolysis) is 1. The fraction of sp³-hybridized carbons (Fsp3) is 0.400. The number of carboxylic acid groups (broad SMARTS) is 1. The zero-order valence-electron chi connectivity index (χ0n) is 17.9. The van der Waals surface area contributed by atoms with E-state index >= 15 is 0 Å². The molecule has 2 aromatic carbocycles. The van der Waals surface area contributed by atoms with Crippen molar-refractivity contribution in [2.24, 2.45) is 0 Å². The Morgan fingerprint density at radius 3 is 2.12 bits per heavy atom. The van der Waals surface area contributed by atoms with Crippen LogP contribution in [0.25, 0.3) is 11.1 Å². The number of fused-ring (bicyclic) bond motifs is 3. The number of rotatable bonds is 7. The molecule has 0 bridgehead atoms. The highest BCUT2D eigenvalue weighted by atomic mass is 16.5. The van der Waals surface area contributed by atoms with Gasteiger partial charge in [0.1, 0.15) is 13.2 Å². The zero-order valence-corrected chi connectivity index (χ0v) is 17.9. The molecule has 1 saturated carbocycles. The maximum absolute atomic E-state index is 12.8. The quantitative estimate of drug-likeness (QED) is 0.612. The topological polar surface area (TPSA) is 105 Å². The predicted molar refractivity (Wildman–Crippen MR) is 119 cm³/mol. The van der Waals surface area contributed by atoms with Crippen molar-refractivity contribution in [2.75, 3.05) is 13.2 Å². The molecule has 32 heavy (non-hydrogen) atoms. The van der Waals surface area contributed by atoms with Crippen LogP contribution in [0.5, 0.6) is 0 Å². The van der Waals surface area contributed by atoms with Gasteiger partial charge in [0, 0.05) is 12.3 Å². The van der Waals surface area contributed by atoms with E-state index in [1.54, 1.807) is 0 Å². The summed E-state index contributed by atoms with van der Waals surface area (Å²) in [4.78, 5) is 35.8. The first-order valence-corrected chi connectivity index (χ1v) is 11.1. The Bertz CT molecular complexity index is 967. The lowest BCUT2D eigenvalue weighted by Gasteiger charge is -2.37. The molecule has 2 aliphatic carbocycles. The third-order valence-corrected chi connectivity index (χ3v) is 6.46. The number of carbonyl (C=O) groups is 3. The Morgan fingerprint density at radius 2 is 1.53 bits per heavy atom. The summed E-state index contributed by atoms with van der Waals surface area (Å²) in [6.45, 7) is -0.221. The van der Waals surface area contributed by atoms with E-state index in [1.165, 1.54) is 0 Å². The first-order valence-electron chi connectivity index (χ1n) is 11.1. The van der Waals surface area contributed by atoms with Crippen LogP contribution >= 0.6 is 0 Å². The standard InChI is InChI=1S/C25H28N2O5/c28-22(26-15-23(29)30)14-25(12-6-1-7-13-25)27-24(31)32-16-21-19-10-4-2-8-17(19)18-9-3-5-11-20(18)21/h2-5,8-11,21H,1,6-7,12-16H2,(H,26,28)(H,27,31)(H,29,30). The average molecular weight is 437 g/mol. The Kier molecular flexibility index (Phi) is 6.44. The smallest absolute Gasteiger partial charge is 0.407 e. The Morgan fingerprint density at radius 1 is 0.938 bits per heavy atom. The minimum absolute atomic E-state index is 0.0330. The molecule has 0 saturated heterocycles.